The molecule has 8 heteroatoms. The molecule has 2 N–H and O–H groups in total. The van der Waals surface area contributed by atoms with E-state index in [-0.39, 0.29) is 5.11 Å². The third-order valence-corrected chi connectivity index (χ3v) is 3.62. The topological polar surface area (TPSA) is 50.4 Å². The van der Waals surface area contributed by atoms with Crippen LogP contribution in [0.4, 0.5) is 10.1 Å². The lowest BCUT2D eigenvalue weighted by molar-refractivity contribution is -0.125. The molecule has 0 bridgehead atoms. The first kappa shape index (κ1) is 18.4. The molecule has 0 aliphatic rings. The summed E-state index contributed by atoms with van der Waals surface area (Å²) in [6, 6.07) is 10.4. The van der Waals surface area contributed by atoms with Gasteiger partial charge in [0.25, 0.3) is 5.91 Å². The molecule has 4 nitrogen and oxygen atoms in total. The summed E-state index contributed by atoms with van der Waals surface area (Å²) in [5.74, 6) is -0.564. The summed E-state index contributed by atoms with van der Waals surface area (Å²) in [6.45, 7) is 1.55. The Balaban J connectivity index is 1.92. The van der Waals surface area contributed by atoms with Gasteiger partial charge in [-0.2, -0.15) is 0 Å². The molecule has 126 valence electrons. The van der Waals surface area contributed by atoms with Crippen LogP contribution in [0.3, 0.4) is 0 Å². The van der Waals surface area contributed by atoms with E-state index in [2.05, 4.69) is 10.6 Å². The van der Waals surface area contributed by atoms with Crippen LogP contribution in [0.15, 0.2) is 42.5 Å². The van der Waals surface area contributed by atoms with Gasteiger partial charge >= 0.3 is 0 Å². The molecule has 1 amide bonds. The zero-order valence-corrected chi connectivity index (χ0v) is 14.8. The Hall–Kier alpha value is -1.89. The summed E-state index contributed by atoms with van der Waals surface area (Å²) in [4.78, 5) is 12.1. The SMILES string of the molecule is CC(Oc1ccc(Cl)cc1Cl)C(=O)NC(=S)Nc1cccc(F)c1. The lowest BCUT2D eigenvalue weighted by Gasteiger charge is -2.16. The first-order chi connectivity index (χ1) is 11.3. The number of hydrogen-bond acceptors (Lipinski definition) is 3. The summed E-state index contributed by atoms with van der Waals surface area (Å²) in [6.07, 6.45) is -0.851. The van der Waals surface area contributed by atoms with Crippen LogP contribution in [0.25, 0.3) is 0 Å². The van der Waals surface area contributed by atoms with E-state index >= 15 is 0 Å². The van der Waals surface area contributed by atoms with Gasteiger partial charge in [-0.3, -0.25) is 10.1 Å². The van der Waals surface area contributed by atoms with Crippen LogP contribution in [0.1, 0.15) is 6.92 Å². The molecular formula is C16H13Cl2FN2O2S. The molecule has 24 heavy (non-hydrogen) atoms. The average Bonchev–Trinajstić information content (AvgIpc) is 2.49. The zero-order valence-electron chi connectivity index (χ0n) is 12.5. The molecule has 0 saturated carbocycles. The van der Waals surface area contributed by atoms with Crippen LogP contribution in [0.2, 0.25) is 10.0 Å². The Morgan fingerprint density at radius 2 is 2.00 bits per heavy atom. The monoisotopic (exact) mass is 386 g/mol. The van der Waals surface area contributed by atoms with Crippen molar-refractivity contribution in [1.82, 2.24) is 5.32 Å². The molecule has 0 fully saturated rings. The Morgan fingerprint density at radius 1 is 1.25 bits per heavy atom. The number of rotatable bonds is 4. The second-order valence-electron chi connectivity index (χ2n) is 4.79. The van der Waals surface area contributed by atoms with Gasteiger partial charge in [-0.05, 0) is 55.5 Å². The summed E-state index contributed by atoms with van der Waals surface area (Å²) in [5, 5.41) is 5.96. The number of halogens is 3. The van der Waals surface area contributed by atoms with Gasteiger partial charge in [0, 0.05) is 10.7 Å². The Kier molecular flexibility index (Phi) is 6.36. The van der Waals surface area contributed by atoms with Gasteiger partial charge in [0.1, 0.15) is 11.6 Å². The van der Waals surface area contributed by atoms with Crippen molar-refractivity contribution in [2.45, 2.75) is 13.0 Å². The van der Waals surface area contributed by atoms with E-state index in [1.54, 1.807) is 25.1 Å². The number of ether oxygens (including phenoxy) is 1. The Morgan fingerprint density at radius 3 is 2.67 bits per heavy atom. The van der Waals surface area contributed by atoms with Crippen LogP contribution in [0, 0.1) is 5.82 Å². The first-order valence-electron chi connectivity index (χ1n) is 6.84. The highest BCUT2D eigenvalue weighted by Gasteiger charge is 2.17. The molecule has 0 saturated heterocycles. The molecule has 2 aromatic rings. The maximum Gasteiger partial charge on any atom is 0.266 e. The Labute approximate surface area is 153 Å². The van der Waals surface area contributed by atoms with Crippen molar-refractivity contribution in [2.75, 3.05) is 5.32 Å². The normalized spacial score (nSPS) is 11.5. The third-order valence-electron chi connectivity index (χ3n) is 2.89. The first-order valence-corrected chi connectivity index (χ1v) is 8.00. The zero-order chi connectivity index (χ0) is 17.7. The van der Waals surface area contributed by atoms with Crippen molar-refractivity contribution < 1.29 is 13.9 Å². The van der Waals surface area contributed by atoms with E-state index in [4.69, 9.17) is 40.2 Å². The number of amides is 1. The van der Waals surface area contributed by atoms with Crippen molar-refractivity contribution in [2.24, 2.45) is 0 Å². The average molecular weight is 387 g/mol. The van der Waals surface area contributed by atoms with Crippen molar-refractivity contribution in [3.63, 3.8) is 0 Å². The van der Waals surface area contributed by atoms with Crippen LogP contribution in [-0.2, 0) is 4.79 Å². The number of thiocarbonyl (C=S) groups is 1. The molecule has 2 aromatic carbocycles. The van der Waals surface area contributed by atoms with E-state index in [9.17, 15) is 9.18 Å². The lowest BCUT2D eigenvalue weighted by Crippen LogP contribution is -2.42. The number of nitrogens with one attached hydrogen (secondary N) is 2. The number of carbonyl (C=O) groups excluding carboxylic acids is 1. The fraction of sp³-hybridized carbons (Fsp3) is 0.125. The maximum absolute atomic E-state index is 13.1. The van der Waals surface area contributed by atoms with E-state index in [1.807, 2.05) is 0 Å². The maximum atomic E-state index is 13.1. The van der Waals surface area contributed by atoms with Crippen molar-refractivity contribution in [3.8, 4) is 5.75 Å². The molecule has 1 atom stereocenters. The molecule has 1 unspecified atom stereocenters. The summed E-state index contributed by atoms with van der Waals surface area (Å²) >= 11 is 16.8. The Bertz CT molecular complexity index is 773. The smallest absolute Gasteiger partial charge is 0.266 e. The van der Waals surface area contributed by atoms with Crippen molar-refractivity contribution in [3.05, 3.63) is 58.3 Å². The van der Waals surface area contributed by atoms with E-state index in [0.29, 0.717) is 21.5 Å². The van der Waals surface area contributed by atoms with E-state index < -0.39 is 17.8 Å². The van der Waals surface area contributed by atoms with Gasteiger partial charge in [-0.15, -0.1) is 0 Å². The molecule has 0 aliphatic carbocycles. The highest BCUT2D eigenvalue weighted by molar-refractivity contribution is 7.80. The second kappa shape index (κ2) is 8.28. The van der Waals surface area contributed by atoms with Gasteiger partial charge in [0.05, 0.1) is 5.02 Å². The minimum absolute atomic E-state index is 0.0308. The third kappa shape index (κ3) is 5.33. The van der Waals surface area contributed by atoms with Gasteiger partial charge in [0.15, 0.2) is 11.2 Å². The summed E-state index contributed by atoms with van der Waals surface area (Å²) < 4.78 is 18.6. The van der Waals surface area contributed by atoms with Gasteiger partial charge in [-0.25, -0.2) is 4.39 Å². The number of anilines is 1. The van der Waals surface area contributed by atoms with E-state index in [0.717, 1.165) is 0 Å². The minimum Gasteiger partial charge on any atom is -0.479 e. The molecule has 0 aromatic heterocycles. The molecule has 0 radical (unpaired) electrons. The number of benzene rings is 2. The van der Waals surface area contributed by atoms with Gasteiger partial charge in [0.2, 0.25) is 0 Å². The molecule has 0 aliphatic heterocycles. The van der Waals surface area contributed by atoms with E-state index in [1.165, 1.54) is 24.3 Å². The summed E-state index contributed by atoms with van der Waals surface area (Å²) in [7, 11) is 0. The van der Waals surface area contributed by atoms with Crippen LogP contribution in [0.5, 0.6) is 5.75 Å². The fourth-order valence-corrected chi connectivity index (χ4v) is 2.43. The fourth-order valence-electron chi connectivity index (χ4n) is 1.76. The van der Waals surface area contributed by atoms with Crippen LogP contribution in [-0.4, -0.2) is 17.1 Å². The predicted octanol–water partition coefficient (Wildman–Crippen LogP) is 4.41. The van der Waals surface area contributed by atoms with Crippen molar-refractivity contribution >= 4 is 52.1 Å². The highest BCUT2D eigenvalue weighted by atomic mass is 35.5. The molecule has 0 spiro atoms. The van der Waals surface area contributed by atoms with Gasteiger partial charge in [-0.1, -0.05) is 29.3 Å². The number of carbonyl (C=O) groups is 1. The quantitative estimate of drug-likeness (QED) is 0.763. The molecule has 2 rings (SSSR count). The predicted molar refractivity (Wildman–Crippen MR) is 97.3 cm³/mol. The molecule has 0 heterocycles. The second-order valence-corrected chi connectivity index (χ2v) is 6.04. The van der Waals surface area contributed by atoms with Crippen molar-refractivity contribution in [1.29, 1.82) is 0 Å². The van der Waals surface area contributed by atoms with Crippen LogP contribution < -0.4 is 15.4 Å². The standard InChI is InChI=1S/C16H13Cl2FN2O2S/c1-9(23-14-6-5-10(17)7-13(14)18)15(22)21-16(24)20-12-4-2-3-11(19)8-12/h2-9H,1H3,(H2,20,21,22,24). The summed E-state index contributed by atoms with van der Waals surface area (Å²) in [5.41, 5.74) is 0.426. The lowest BCUT2D eigenvalue weighted by atomic mass is 10.3. The number of hydrogen-bond donors (Lipinski definition) is 2. The minimum atomic E-state index is -0.851. The van der Waals surface area contributed by atoms with Gasteiger partial charge < -0.3 is 10.1 Å². The molecular weight excluding hydrogens is 374 g/mol. The largest absolute Gasteiger partial charge is 0.479 e. The highest BCUT2D eigenvalue weighted by Crippen LogP contribution is 2.28. The van der Waals surface area contributed by atoms with Crippen LogP contribution >= 0.6 is 35.4 Å².